The molecule has 0 aliphatic carbocycles. The topological polar surface area (TPSA) is 47.0 Å². The van der Waals surface area contributed by atoms with Crippen molar-refractivity contribution in [3.63, 3.8) is 0 Å². The van der Waals surface area contributed by atoms with Crippen molar-refractivity contribution in [1.82, 2.24) is 9.97 Å². The number of halogens is 1. The summed E-state index contributed by atoms with van der Waals surface area (Å²) >= 11 is 0. The minimum Gasteiger partial charge on any atom is -0.489 e. The third-order valence-electron chi connectivity index (χ3n) is 4.19. The molecule has 134 valence electrons. The van der Waals surface area contributed by atoms with Crippen molar-refractivity contribution in [2.24, 2.45) is 0 Å². The lowest BCUT2D eigenvalue weighted by molar-refractivity contribution is 0.304. The van der Waals surface area contributed by atoms with Crippen molar-refractivity contribution in [2.45, 2.75) is 13.5 Å². The Morgan fingerprint density at radius 3 is 2.67 bits per heavy atom. The summed E-state index contributed by atoms with van der Waals surface area (Å²) in [5, 5.41) is 3.95. The molecule has 4 aromatic rings. The molecular formula is C22H18FN3O. The highest BCUT2D eigenvalue weighted by atomic mass is 19.1. The van der Waals surface area contributed by atoms with Crippen LogP contribution in [0, 0.1) is 12.7 Å². The maximum Gasteiger partial charge on any atom is 0.227 e. The Hall–Kier alpha value is -3.47. The number of benzene rings is 3. The summed E-state index contributed by atoms with van der Waals surface area (Å²) in [7, 11) is 0. The first kappa shape index (κ1) is 17.0. The number of ether oxygens (including phenoxy) is 1. The number of nitrogens with one attached hydrogen (secondary N) is 1. The van der Waals surface area contributed by atoms with Gasteiger partial charge in [0.2, 0.25) is 5.95 Å². The molecule has 1 N–H and O–H groups in total. The van der Waals surface area contributed by atoms with Crippen molar-refractivity contribution in [3.8, 4) is 5.75 Å². The Bertz CT molecular complexity index is 1080. The fourth-order valence-electron chi connectivity index (χ4n) is 2.82. The number of rotatable bonds is 5. The second-order valence-corrected chi connectivity index (χ2v) is 6.28. The summed E-state index contributed by atoms with van der Waals surface area (Å²) in [6.45, 7) is 2.49. The highest BCUT2D eigenvalue weighted by Gasteiger charge is 2.07. The van der Waals surface area contributed by atoms with Crippen LogP contribution in [0.1, 0.15) is 11.1 Å². The lowest BCUT2D eigenvalue weighted by Crippen LogP contribution is -2.00. The van der Waals surface area contributed by atoms with E-state index in [1.165, 1.54) is 12.1 Å². The molecule has 0 bridgehead atoms. The van der Waals surface area contributed by atoms with Gasteiger partial charge in [0.15, 0.2) is 0 Å². The zero-order valence-corrected chi connectivity index (χ0v) is 14.8. The third-order valence-corrected chi connectivity index (χ3v) is 4.19. The van der Waals surface area contributed by atoms with E-state index in [-0.39, 0.29) is 5.82 Å². The lowest BCUT2D eigenvalue weighted by atomic mass is 10.1. The van der Waals surface area contributed by atoms with Gasteiger partial charge in [0, 0.05) is 23.3 Å². The summed E-state index contributed by atoms with van der Waals surface area (Å²) in [5.41, 5.74) is 3.49. The van der Waals surface area contributed by atoms with Gasteiger partial charge < -0.3 is 10.1 Å². The smallest absolute Gasteiger partial charge is 0.227 e. The second-order valence-electron chi connectivity index (χ2n) is 6.28. The van der Waals surface area contributed by atoms with Crippen LogP contribution in [0.25, 0.3) is 10.9 Å². The van der Waals surface area contributed by atoms with Crippen LogP contribution in [0.15, 0.2) is 72.9 Å². The Balaban J connectivity index is 1.59. The van der Waals surface area contributed by atoms with Gasteiger partial charge in [0.1, 0.15) is 18.2 Å². The molecule has 0 amide bonds. The first-order valence-corrected chi connectivity index (χ1v) is 8.64. The fraction of sp³-hybridized carbons (Fsp3) is 0.0909. The zero-order valence-electron chi connectivity index (χ0n) is 14.8. The maximum atomic E-state index is 13.3. The minimum atomic E-state index is -0.312. The fourth-order valence-corrected chi connectivity index (χ4v) is 2.82. The summed E-state index contributed by atoms with van der Waals surface area (Å²) in [6, 6.07) is 20.1. The molecule has 0 saturated carbocycles. The predicted octanol–water partition coefficient (Wildman–Crippen LogP) is 5.40. The Labute approximate surface area is 156 Å². The average molecular weight is 359 g/mol. The van der Waals surface area contributed by atoms with Gasteiger partial charge in [-0.1, -0.05) is 36.4 Å². The molecule has 0 saturated heterocycles. The lowest BCUT2D eigenvalue weighted by Gasteiger charge is -2.11. The number of hydrogen-bond donors (Lipinski definition) is 1. The van der Waals surface area contributed by atoms with Crippen molar-refractivity contribution in [3.05, 3.63) is 89.9 Å². The van der Waals surface area contributed by atoms with Gasteiger partial charge >= 0.3 is 0 Å². The first-order chi connectivity index (χ1) is 13.2. The molecule has 0 spiro atoms. The Morgan fingerprint density at radius 2 is 1.85 bits per heavy atom. The van der Waals surface area contributed by atoms with Crippen LogP contribution in [-0.2, 0) is 6.61 Å². The number of nitrogens with zero attached hydrogens (tertiary/aromatic N) is 2. The van der Waals surface area contributed by atoms with E-state index >= 15 is 0 Å². The van der Waals surface area contributed by atoms with Gasteiger partial charge in [0.05, 0.1) is 5.52 Å². The van der Waals surface area contributed by atoms with E-state index in [0.717, 1.165) is 27.8 Å². The summed E-state index contributed by atoms with van der Waals surface area (Å²) in [4.78, 5) is 8.84. The molecule has 1 aromatic heterocycles. The number of fused-ring (bicyclic) bond motifs is 1. The Morgan fingerprint density at radius 1 is 1.00 bits per heavy atom. The normalized spacial score (nSPS) is 10.7. The molecule has 0 aliphatic rings. The van der Waals surface area contributed by atoms with Crippen molar-refractivity contribution in [2.75, 3.05) is 5.32 Å². The van der Waals surface area contributed by atoms with Crippen LogP contribution in [0.3, 0.4) is 0 Å². The quantitative estimate of drug-likeness (QED) is 0.518. The SMILES string of the molecule is Cc1cc2cnc(Nc3cccc(F)c3)nc2cc1OCc1ccccc1. The van der Waals surface area contributed by atoms with Gasteiger partial charge in [0.25, 0.3) is 0 Å². The second kappa shape index (κ2) is 7.41. The van der Waals surface area contributed by atoms with Gasteiger partial charge in [-0.2, -0.15) is 0 Å². The van der Waals surface area contributed by atoms with Crippen LogP contribution >= 0.6 is 0 Å². The number of aryl methyl sites for hydroxylation is 1. The van der Waals surface area contributed by atoms with E-state index in [0.29, 0.717) is 18.2 Å². The van der Waals surface area contributed by atoms with Crippen molar-refractivity contribution < 1.29 is 9.13 Å². The summed E-state index contributed by atoms with van der Waals surface area (Å²) < 4.78 is 19.3. The van der Waals surface area contributed by atoms with E-state index in [1.54, 1.807) is 18.3 Å². The zero-order chi connectivity index (χ0) is 18.6. The molecule has 0 radical (unpaired) electrons. The van der Waals surface area contributed by atoms with Crippen molar-refractivity contribution >= 4 is 22.5 Å². The van der Waals surface area contributed by atoms with Gasteiger partial charge in [-0.05, 0) is 42.3 Å². The van der Waals surface area contributed by atoms with E-state index in [1.807, 2.05) is 49.4 Å². The molecule has 0 aliphatic heterocycles. The standard InChI is InChI=1S/C22H18FN3O/c1-15-10-17-13-24-22(25-19-9-5-8-18(23)11-19)26-20(17)12-21(15)27-14-16-6-3-2-4-7-16/h2-13H,14H2,1H3,(H,24,25,26). The molecule has 27 heavy (non-hydrogen) atoms. The third kappa shape index (κ3) is 4.03. The molecule has 4 rings (SSSR count). The molecule has 0 unspecified atom stereocenters. The van der Waals surface area contributed by atoms with Gasteiger partial charge in [-0.25, -0.2) is 14.4 Å². The highest BCUT2D eigenvalue weighted by Crippen LogP contribution is 2.26. The predicted molar refractivity (Wildman–Crippen MR) is 105 cm³/mol. The minimum absolute atomic E-state index is 0.312. The van der Waals surface area contributed by atoms with E-state index in [2.05, 4.69) is 15.3 Å². The molecule has 0 atom stereocenters. The molecule has 5 heteroatoms. The van der Waals surface area contributed by atoms with Crippen LogP contribution in [0.2, 0.25) is 0 Å². The number of hydrogen-bond acceptors (Lipinski definition) is 4. The van der Waals surface area contributed by atoms with Gasteiger partial charge in [-0.3, -0.25) is 0 Å². The summed E-state index contributed by atoms with van der Waals surface area (Å²) in [5.74, 6) is 0.876. The van der Waals surface area contributed by atoms with Crippen LogP contribution in [-0.4, -0.2) is 9.97 Å². The average Bonchev–Trinajstić information content (AvgIpc) is 2.67. The monoisotopic (exact) mass is 359 g/mol. The summed E-state index contributed by atoms with van der Waals surface area (Å²) in [6.07, 6.45) is 1.75. The van der Waals surface area contributed by atoms with Gasteiger partial charge in [-0.15, -0.1) is 0 Å². The number of aromatic nitrogens is 2. The van der Waals surface area contributed by atoms with E-state index < -0.39 is 0 Å². The van der Waals surface area contributed by atoms with E-state index in [4.69, 9.17) is 4.74 Å². The first-order valence-electron chi connectivity index (χ1n) is 8.64. The number of anilines is 2. The van der Waals surface area contributed by atoms with Crippen molar-refractivity contribution in [1.29, 1.82) is 0 Å². The molecule has 0 fully saturated rings. The molecule has 1 heterocycles. The van der Waals surface area contributed by atoms with E-state index in [9.17, 15) is 4.39 Å². The van der Waals surface area contributed by atoms with Crippen LogP contribution in [0.5, 0.6) is 5.75 Å². The van der Waals surface area contributed by atoms with Crippen LogP contribution in [0.4, 0.5) is 16.0 Å². The maximum absolute atomic E-state index is 13.3. The highest BCUT2D eigenvalue weighted by molar-refractivity contribution is 5.81. The molecule has 4 nitrogen and oxygen atoms in total. The molecule has 3 aromatic carbocycles. The largest absolute Gasteiger partial charge is 0.489 e. The Kier molecular flexibility index (Phi) is 4.66. The van der Waals surface area contributed by atoms with Crippen LogP contribution < -0.4 is 10.1 Å². The molecular weight excluding hydrogens is 341 g/mol.